The van der Waals surface area contributed by atoms with Crippen LogP contribution in [0.3, 0.4) is 0 Å². The Bertz CT molecular complexity index is 218. The van der Waals surface area contributed by atoms with Crippen LogP contribution in [0.4, 0.5) is 0 Å². The van der Waals surface area contributed by atoms with E-state index in [0.29, 0.717) is 0 Å². The lowest BCUT2D eigenvalue weighted by molar-refractivity contribution is 0.873. The van der Waals surface area contributed by atoms with Gasteiger partial charge in [0.05, 0.1) is 0 Å². The van der Waals surface area contributed by atoms with Crippen LogP contribution in [0.25, 0.3) is 0 Å². The number of thioether (sulfide) groups is 1. The van der Waals surface area contributed by atoms with Gasteiger partial charge in [-0.3, -0.25) is 5.43 Å². The van der Waals surface area contributed by atoms with Crippen molar-refractivity contribution in [1.29, 1.82) is 0 Å². The monoisotopic (exact) mass is 167 g/mol. The normalized spacial score (nSPS) is 15.1. The van der Waals surface area contributed by atoms with E-state index in [1.165, 1.54) is 0 Å². The van der Waals surface area contributed by atoms with E-state index in [4.69, 9.17) is 0 Å². The summed E-state index contributed by atoms with van der Waals surface area (Å²) in [6.07, 6.45) is 7.33. The zero-order valence-corrected chi connectivity index (χ0v) is 6.84. The van der Waals surface area contributed by atoms with Crippen LogP contribution in [0.5, 0.6) is 0 Å². The molecule has 0 spiro atoms. The van der Waals surface area contributed by atoms with Gasteiger partial charge in [0.1, 0.15) is 5.03 Å². The van der Waals surface area contributed by atoms with E-state index < -0.39 is 0 Å². The molecule has 0 aromatic heterocycles. The van der Waals surface area contributed by atoms with Gasteiger partial charge in [-0.05, 0) is 12.2 Å². The van der Waals surface area contributed by atoms with E-state index in [-0.39, 0.29) is 0 Å². The van der Waals surface area contributed by atoms with Gasteiger partial charge in [0, 0.05) is 12.0 Å². The molecule has 0 saturated carbocycles. The average Bonchev–Trinajstić information content (AvgIpc) is 2.28. The molecule has 0 aromatic rings. The smallest absolute Gasteiger partial charge is 0.121 e. The highest BCUT2D eigenvalue weighted by molar-refractivity contribution is 8.03. The number of nitrogens with one attached hydrogen (secondary N) is 1. The molecule has 0 fully saturated rings. The van der Waals surface area contributed by atoms with Gasteiger partial charge in [0.2, 0.25) is 0 Å². The molecule has 4 heteroatoms. The minimum atomic E-state index is 0.860. The molecule has 0 radical (unpaired) electrons. The van der Waals surface area contributed by atoms with E-state index in [9.17, 15) is 0 Å². The first-order valence-corrected chi connectivity index (χ1v) is 4.19. The first kappa shape index (κ1) is 8.07. The van der Waals surface area contributed by atoms with Crippen LogP contribution in [0, 0.1) is 0 Å². The fraction of sp³-hybridized carbons (Fsp3) is 0.143. The van der Waals surface area contributed by atoms with Gasteiger partial charge < -0.3 is 0 Å². The Hall–Kier alpha value is -1.03. The summed E-state index contributed by atoms with van der Waals surface area (Å²) < 4.78 is 0. The van der Waals surface area contributed by atoms with Crippen LogP contribution < -0.4 is 5.43 Å². The number of rotatable bonds is 3. The third kappa shape index (κ3) is 3.04. The lowest BCUT2D eigenvalue weighted by atomic mass is 10.6. The van der Waals surface area contributed by atoms with Crippen molar-refractivity contribution in [3.05, 3.63) is 36.0 Å². The molecule has 0 aliphatic carbocycles. The predicted octanol–water partition coefficient (Wildman–Crippen LogP) is 2.23. The third-order valence-electron chi connectivity index (χ3n) is 0.965. The standard InChI is InChI=1S/C7H9N3S/c1-2-6-11-7-4-3-5-8-10-9-7/h2-5H,1,6H2,(H,8,9). The van der Waals surface area contributed by atoms with Crippen molar-refractivity contribution in [2.45, 2.75) is 0 Å². The maximum Gasteiger partial charge on any atom is 0.121 e. The van der Waals surface area contributed by atoms with Crippen LogP contribution in [0.1, 0.15) is 0 Å². The molecule has 11 heavy (non-hydrogen) atoms. The first-order valence-electron chi connectivity index (χ1n) is 3.20. The third-order valence-corrected chi connectivity index (χ3v) is 1.88. The second-order valence-electron chi connectivity index (χ2n) is 1.79. The molecule has 0 atom stereocenters. The molecule has 1 N–H and O–H groups in total. The molecule has 0 aromatic carbocycles. The Balaban J connectivity index is 2.48. The predicted molar refractivity (Wildman–Crippen MR) is 47.9 cm³/mol. The maximum absolute atomic E-state index is 3.89. The van der Waals surface area contributed by atoms with Crippen molar-refractivity contribution >= 4 is 11.8 Å². The highest BCUT2D eigenvalue weighted by Crippen LogP contribution is 2.17. The molecule has 1 aliphatic heterocycles. The topological polar surface area (TPSA) is 36.8 Å². The molecule has 0 amide bonds. The highest BCUT2D eigenvalue weighted by Gasteiger charge is 1.93. The van der Waals surface area contributed by atoms with E-state index >= 15 is 0 Å². The lowest BCUT2D eigenvalue weighted by Gasteiger charge is -1.92. The minimum absolute atomic E-state index is 0.860. The van der Waals surface area contributed by atoms with Crippen LogP contribution in [0.2, 0.25) is 0 Å². The maximum atomic E-state index is 3.89. The van der Waals surface area contributed by atoms with Crippen LogP contribution in [-0.2, 0) is 0 Å². The molecule has 1 aliphatic rings. The molecule has 58 valence electrons. The average molecular weight is 167 g/mol. The van der Waals surface area contributed by atoms with Gasteiger partial charge >= 0.3 is 0 Å². The van der Waals surface area contributed by atoms with E-state index in [0.717, 1.165) is 10.8 Å². The second kappa shape index (κ2) is 4.73. The number of hydrogen-bond acceptors (Lipinski definition) is 4. The minimum Gasteiger partial charge on any atom is -0.267 e. The summed E-state index contributed by atoms with van der Waals surface area (Å²) in [7, 11) is 0. The number of hydrogen-bond donors (Lipinski definition) is 1. The second-order valence-corrected chi connectivity index (χ2v) is 2.83. The molecule has 1 rings (SSSR count). The summed E-state index contributed by atoms with van der Waals surface area (Å²) in [5, 5.41) is 8.45. The summed E-state index contributed by atoms with van der Waals surface area (Å²) in [6.45, 7) is 3.61. The summed E-state index contributed by atoms with van der Waals surface area (Å²) >= 11 is 1.60. The van der Waals surface area contributed by atoms with Crippen molar-refractivity contribution in [2.24, 2.45) is 10.3 Å². The quantitative estimate of drug-likeness (QED) is 0.654. The Morgan fingerprint density at radius 3 is 3.45 bits per heavy atom. The zero-order valence-electron chi connectivity index (χ0n) is 6.03. The lowest BCUT2D eigenvalue weighted by Crippen LogP contribution is -1.87. The van der Waals surface area contributed by atoms with Gasteiger partial charge in [0.15, 0.2) is 0 Å². The highest BCUT2D eigenvalue weighted by atomic mass is 32.2. The number of allylic oxidation sites excluding steroid dienone is 2. The van der Waals surface area contributed by atoms with Crippen molar-refractivity contribution in [1.82, 2.24) is 5.43 Å². The van der Waals surface area contributed by atoms with Crippen LogP contribution in [-0.4, -0.2) is 5.75 Å². The van der Waals surface area contributed by atoms with E-state index in [1.54, 1.807) is 18.0 Å². The fourth-order valence-corrected chi connectivity index (χ4v) is 1.10. The molecule has 0 bridgehead atoms. The van der Waals surface area contributed by atoms with Gasteiger partial charge in [-0.1, -0.05) is 11.3 Å². The summed E-state index contributed by atoms with van der Waals surface area (Å²) in [5.74, 6) is 0.860. The first-order chi connectivity index (χ1) is 5.43. The Labute approximate surface area is 69.9 Å². The molecule has 1 heterocycles. The molecule has 3 nitrogen and oxygen atoms in total. The summed E-state index contributed by atoms with van der Waals surface area (Å²) in [5.41, 5.74) is 2.64. The van der Waals surface area contributed by atoms with E-state index in [2.05, 4.69) is 22.3 Å². The van der Waals surface area contributed by atoms with E-state index in [1.807, 2.05) is 18.2 Å². The van der Waals surface area contributed by atoms with Gasteiger partial charge in [-0.25, -0.2) is 0 Å². The molecular formula is C7H9N3S. The largest absolute Gasteiger partial charge is 0.267 e. The number of nitrogens with zero attached hydrogens (tertiary/aromatic N) is 2. The Morgan fingerprint density at radius 1 is 1.73 bits per heavy atom. The van der Waals surface area contributed by atoms with Gasteiger partial charge in [0.25, 0.3) is 0 Å². The van der Waals surface area contributed by atoms with Crippen molar-refractivity contribution in [2.75, 3.05) is 5.75 Å². The van der Waals surface area contributed by atoms with Gasteiger partial charge in [-0.15, -0.1) is 23.5 Å². The van der Waals surface area contributed by atoms with Crippen molar-refractivity contribution in [3.63, 3.8) is 0 Å². The summed E-state index contributed by atoms with van der Waals surface area (Å²) in [4.78, 5) is 0. The van der Waals surface area contributed by atoms with Crippen molar-refractivity contribution in [3.8, 4) is 0 Å². The molecule has 0 unspecified atom stereocenters. The van der Waals surface area contributed by atoms with Crippen LogP contribution >= 0.6 is 11.8 Å². The summed E-state index contributed by atoms with van der Waals surface area (Å²) in [6, 6.07) is 0. The SMILES string of the molecule is C=CCSC1=CC=CNN=N1. The molecular weight excluding hydrogens is 158 g/mol. The van der Waals surface area contributed by atoms with Crippen molar-refractivity contribution < 1.29 is 0 Å². The van der Waals surface area contributed by atoms with Gasteiger partial charge in [-0.2, -0.15) is 0 Å². The zero-order chi connectivity index (χ0) is 7.94. The fourth-order valence-electron chi connectivity index (χ4n) is 0.540. The Kier molecular flexibility index (Phi) is 3.47. The van der Waals surface area contributed by atoms with Crippen LogP contribution in [0.15, 0.2) is 46.4 Å². The molecule has 0 saturated heterocycles. The Morgan fingerprint density at radius 2 is 2.64 bits per heavy atom.